The second kappa shape index (κ2) is 6.53. The SMILES string of the molecule is C[C@@H]1CN(C(=O)C(C)(O)C(F)(F)F)Cc2cnn(C3CCC(O)CC3)c21. The predicted molar refractivity (Wildman–Crippen MR) is 86.2 cm³/mol. The lowest BCUT2D eigenvalue weighted by Gasteiger charge is -2.37. The number of hydrogen-bond acceptors (Lipinski definition) is 4. The molecule has 2 atom stereocenters. The van der Waals surface area contributed by atoms with E-state index in [4.69, 9.17) is 0 Å². The zero-order chi connectivity index (χ0) is 19.3. The van der Waals surface area contributed by atoms with Crippen molar-refractivity contribution in [3.05, 3.63) is 17.5 Å². The highest BCUT2D eigenvalue weighted by molar-refractivity contribution is 5.85. The molecular formula is C17H24F3N3O3. The smallest absolute Gasteiger partial charge is 0.393 e. The van der Waals surface area contributed by atoms with Gasteiger partial charge in [0.15, 0.2) is 0 Å². The fourth-order valence-corrected chi connectivity index (χ4v) is 3.94. The minimum atomic E-state index is -5.03. The number of aromatic nitrogens is 2. The van der Waals surface area contributed by atoms with Crippen LogP contribution in [-0.4, -0.2) is 55.2 Å². The van der Waals surface area contributed by atoms with Crippen molar-refractivity contribution in [3.8, 4) is 0 Å². The molecule has 1 unspecified atom stereocenters. The number of nitrogens with zero attached hydrogens (tertiary/aromatic N) is 3. The van der Waals surface area contributed by atoms with Crippen molar-refractivity contribution in [1.82, 2.24) is 14.7 Å². The fourth-order valence-electron chi connectivity index (χ4n) is 3.94. The van der Waals surface area contributed by atoms with E-state index in [-0.39, 0.29) is 31.2 Å². The lowest BCUT2D eigenvalue weighted by Crippen LogP contribution is -2.57. The number of fused-ring (bicyclic) bond motifs is 1. The second-order valence-corrected chi connectivity index (χ2v) is 7.62. The molecule has 0 saturated heterocycles. The average molecular weight is 375 g/mol. The zero-order valence-electron chi connectivity index (χ0n) is 14.8. The predicted octanol–water partition coefficient (Wildman–Crippen LogP) is 2.12. The van der Waals surface area contributed by atoms with Gasteiger partial charge < -0.3 is 15.1 Å². The number of rotatable bonds is 2. The van der Waals surface area contributed by atoms with E-state index in [1.54, 1.807) is 6.20 Å². The Hall–Kier alpha value is -1.61. The van der Waals surface area contributed by atoms with Crippen LogP contribution in [0.2, 0.25) is 0 Å². The summed E-state index contributed by atoms with van der Waals surface area (Å²) in [5.74, 6) is -1.53. The monoisotopic (exact) mass is 375 g/mol. The fraction of sp³-hybridized carbons (Fsp3) is 0.765. The third-order valence-corrected chi connectivity index (χ3v) is 5.50. The van der Waals surface area contributed by atoms with E-state index in [9.17, 15) is 28.2 Å². The van der Waals surface area contributed by atoms with Crippen LogP contribution in [0.4, 0.5) is 13.2 Å². The van der Waals surface area contributed by atoms with Gasteiger partial charge in [-0.05, 0) is 32.6 Å². The molecule has 1 amide bonds. The summed E-state index contributed by atoms with van der Waals surface area (Å²) in [6.07, 6.45) is -0.715. The third-order valence-electron chi connectivity index (χ3n) is 5.50. The van der Waals surface area contributed by atoms with Crippen molar-refractivity contribution in [1.29, 1.82) is 0 Å². The first-order valence-electron chi connectivity index (χ1n) is 8.85. The molecule has 1 aromatic rings. The highest BCUT2D eigenvalue weighted by atomic mass is 19.4. The molecule has 1 saturated carbocycles. The highest BCUT2D eigenvalue weighted by Gasteiger charge is 2.57. The van der Waals surface area contributed by atoms with E-state index in [1.165, 1.54) is 0 Å². The van der Waals surface area contributed by atoms with Crippen LogP contribution >= 0.6 is 0 Å². The summed E-state index contributed by atoms with van der Waals surface area (Å²) in [5, 5.41) is 23.8. The van der Waals surface area contributed by atoms with Crippen LogP contribution in [0.1, 0.15) is 62.7 Å². The van der Waals surface area contributed by atoms with E-state index in [1.807, 2.05) is 11.6 Å². The quantitative estimate of drug-likeness (QED) is 0.830. The summed E-state index contributed by atoms with van der Waals surface area (Å²) in [6.45, 7) is 2.43. The Labute approximate surface area is 149 Å². The standard InChI is InChI=1S/C17H24F3N3O3/c1-10-8-22(15(25)16(2,26)17(18,19)20)9-11-7-21-23(14(10)11)12-3-5-13(24)6-4-12/h7,10,12-13,24,26H,3-6,8-9H2,1-2H3/t10-,12?,13?,16?/m1/s1. The lowest BCUT2D eigenvalue weighted by atomic mass is 9.91. The Morgan fingerprint density at radius 3 is 2.46 bits per heavy atom. The van der Waals surface area contributed by atoms with E-state index >= 15 is 0 Å². The molecule has 1 aliphatic carbocycles. The number of carbonyl (C=O) groups is 1. The second-order valence-electron chi connectivity index (χ2n) is 7.62. The van der Waals surface area contributed by atoms with Gasteiger partial charge in [-0.3, -0.25) is 9.48 Å². The molecule has 2 N–H and O–H groups in total. The van der Waals surface area contributed by atoms with Gasteiger partial charge in [0.1, 0.15) is 0 Å². The summed E-state index contributed by atoms with van der Waals surface area (Å²) < 4.78 is 40.8. The van der Waals surface area contributed by atoms with Crippen LogP contribution in [0.5, 0.6) is 0 Å². The Bertz CT molecular complexity index is 679. The molecule has 0 aromatic carbocycles. The number of aliphatic hydroxyl groups is 2. The van der Waals surface area contributed by atoms with Crippen LogP contribution in [0, 0.1) is 0 Å². The van der Waals surface area contributed by atoms with Gasteiger partial charge in [0.2, 0.25) is 5.60 Å². The van der Waals surface area contributed by atoms with E-state index < -0.39 is 17.7 Å². The maximum absolute atomic E-state index is 13.0. The molecule has 0 radical (unpaired) electrons. The molecule has 2 aliphatic rings. The molecule has 0 bridgehead atoms. The van der Waals surface area contributed by atoms with Crippen molar-refractivity contribution in [3.63, 3.8) is 0 Å². The number of amides is 1. The highest BCUT2D eigenvalue weighted by Crippen LogP contribution is 2.37. The van der Waals surface area contributed by atoms with Crippen molar-refractivity contribution in [2.45, 2.75) is 75.9 Å². The van der Waals surface area contributed by atoms with Crippen molar-refractivity contribution >= 4 is 5.91 Å². The Morgan fingerprint density at radius 1 is 1.27 bits per heavy atom. The number of hydrogen-bond donors (Lipinski definition) is 2. The molecular weight excluding hydrogens is 351 g/mol. The molecule has 146 valence electrons. The summed E-state index contributed by atoms with van der Waals surface area (Å²) in [6, 6.07) is 0.158. The summed E-state index contributed by atoms with van der Waals surface area (Å²) in [5.41, 5.74) is -1.76. The van der Waals surface area contributed by atoms with Crippen molar-refractivity contribution in [2.24, 2.45) is 0 Å². The molecule has 1 aliphatic heterocycles. The van der Waals surface area contributed by atoms with Gasteiger partial charge in [0, 0.05) is 30.3 Å². The maximum atomic E-state index is 13.0. The van der Waals surface area contributed by atoms with Crippen LogP contribution in [-0.2, 0) is 11.3 Å². The van der Waals surface area contributed by atoms with Gasteiger partial charge in [-0.2, -0.15) is 18.3 Å². The topological polar surface area (TPSA) is 78.6 Å². The minimum absolute atomic E-state index is 0.0000810. The molecule has 2 heterocycles. The molecule has 3 rings (SSSR count). The number of alkyl halides is 3. The summed E-state index contributed by atoms with van der Waals surface area (Å²) >= 11 is 0. The Morgan fingerprint density at radius 2 is 1.88 bits per heavy atom. The van der Waals surface area contributed by atoms with Gasteiger partial charge >= 0.3 is 6.18 Å². The molecule has 1 fully saturated rings. The van der Waals surface area contributed by atoms with E-state index in [0.29, 0.717) is 25.3 Å². The Kier molecular flexibility index (Phi) is 4.81. The van der Waals surface area contributed by atoms with E-state index in [2.05, 4.69) is 5.10 Å². The number of carbonyl (C=O) groups excluding carboxylic acids is 1. The lowest BCUT2D eigenvalue weighted by molar-refractivity contribution is -0.250. The average Bonchev–Trinajstić information content (AvgIpc) is 2.98. The first-order valence-corrected chi connectivity index (χ1v) is 8.85. The van der Waals surface area contributed by atoms with Gasteiger partial charge in [-0.1, -0.05) is 6.92 Å². The Balaban J connectivity index is 1.81. The first kappa shape index (κ1) is 19.2. The first-order chi connectivity index (χ1) is 12.0. The third kappa shape index (κ3) is 3.22. The largest absolute Gasteiger partial charge is 0.426 e. The molecule has 9 heteroatoms. The van der Waals surface area contributed by atoms with Crippen LogP contribution < -0.4 is 0 Å². The number of aliphatic hydroxyl groups excluding tert-OH is 1. The van der Waals surface area contributed by atoms with Gasteiger partial charge in [-0.15, -0.1) is 0 Å². The van der Waals surface area contributed by atoms with Crippen LogP contribution in [0.25, 0.3) is 0 Å². The van der Waals surface area contributed by atoms with Gasteiger partial charge in [0.25, 0.3) is 5.91 Å². The normalized spacial score (nSPS) is 29.2. The molecule has 26 heavy (non-hydrogen) atoms. The maximum Gasteiger partial charge on any atom is 0.426 e. The number of halogens is 3. The van der Waals surface area contributed by atoms with Gasteiger partial charge in [-0.25, -0.2) is 0 Å². The molecule has 0 spiro atoms. The summed E-state index contributed by atoms with van der Waals surface area (Å²) in [4.78, 5) is 13.3. The summed E-state index contributed by atoms with van der Waals surface area (Å²) in [7, 11) is 0. The minimum Gasteiger partial charge on any atom is -0.393 e. The van der Waals surface area contributed by atoms with Crippen LogP contribution in [0.3, 0.4) is 0 Å². The van der Waals surface area contributed by atoms with Gasteiger partial charge in [0.05, 0.1) is 18.3 Å². The zero-order valence-corrected chi connectivity index (χ0v) is 14.8. The molecule has 6 nitrogen and oxygen atoms in total. The van der Waals surface area contributed by atoms with Crippen LogP contribution in [0.15, 0.2) is 6.20 Å². The molecule has 1 aromatic heterocycles. The van der Waals surface area contributed by atoms with Crippen molar-refractivity contribution in [2.75, 3.05) is 6.54 Å². The van der Waals surface area contributed by atoms with Crippen molar-refractivity contribution < 1.29 is 28.2 Å². The van der Waals surface area contributed by atoms with E-state index in [0.717, 1.165) is 23.4 Å².